The fourth-order valence-electron chi connectivity index (χ4n) is 4.80. The molecule has 7 nitrogen and oxygen atoms in total. The minimum Gasteiger partial charge on any atom is -0.466 e. The van der Waals surface area contributed by atoms with Gasteiger partial charge in [0.15, 0.2) is 11.5 Å². The Kier molecular flexibility index (Phi) is 6.43. The van der Waals surface area contributed by atoms with Crippen LogP contribution in [0.25, 0.3) is 16.9 Å². The summed E-state index contributed by atoms with van der Waals surface area (Å²) in [7, 11) is 0. The number of carbonyl (C=O) groups is 2. The molecule has 35 heavy (non-hydrogen) atoms. The minimum atomic E-state index is -0.292. The Morgan fingerprint density at radius 2 is 1.86 bits per heavy atom. The number of hydrogen-bond acceptors (Lipinski definition) is 5. The number of carbonyl (C=O) groups excluding carboxylic acids is 2. The minimum absolute atomic E-state index is 0.0915. The fourth-order valence-corrected chi connectivity index (χ4v) is 4.92. The van der Waals surface area contributed by atoms with Crippen molar-refractivity contribution in [2.45, 2.75) is 26.7 Å². The number of fused-ring (bicyclic) bond motifs is 1. The third-order valence-electron chi connectivity index (χ3n) is 6.56. The number of nitrogens with zero attached hydrogens (tertiary/aromatic N) is 2. The van der Waals surface area contributed by atoms with Gasteiger partial charge in [-0.15, -0.1) is 0 Å². The van der Waals surface area contributed by atoms with Gasteiger partial charge in [-0.1, -0.05) is 23.7 Å². The van der Waals surface area contributed by atoms with Gasteiger partial charge < -0.3 is 23.7 Å². The van der Waals surface area contributed by atoms with E-state index in [0.29, 0.717) is 41.8 Å². The van der Waals surface area contributed by atoms with Crippen LogP contribution in [0, 0.1) is 12.8 Å². The van der Waals surface area contributed by atoms with Crippen LogP contribution in [0.5, 0.6) is 11.5 Å². The number of rotatable bonds is 5. The van der Waals surface area contributed by atoms with Crippen molar-refractivity contribution in [3.8, 4) is 28.4 Å². The smallest absolute Gasteiger partial charge is 0.310 e. The van der Waals surface area contributed by atoms with Gasteiger partial charge in [-0.25, -0.2) is 0 Å². The first-order valence-corrected chi connectivity index (χ1v) is 12.2. The van der Waals surface area contributed by atoms with Gasteiger partial charge in [-0.3, -0.25) is 9.59 Å². The van der Waals surface area contributed by atoms with E-state index < -0.39 is 0 Å². The third kappa shape index (κ3) is 4.48. The number of amides is 1. The molecule has 5 rings (SSSR count). The van der Waals surface area contributed by atoms with Crippen molar-refractivity contribution in [2.75, 3.05) is 26.5 Å². The second kappa shape index (κ2) is 9.66. The predicted octanol–water partition coefficient (Wildman–Crippen LogP) is 5.25. The monoisotopic (exact) mass is 494 g/mol. The number of halogens is 1. The summed E-state index contributed by atoms with van der Waals surface area (Å²) in [5.74, 6) is 0.743. The molecule has 1 atom stereocenters. The zero-order valence-corrected chi connectivity index (χ0v) is 20.5. The molecule has 1 amide bonds. The topological polar surface area (TPSA) is 70.0 Å². The van der Waals surface area contributed by atoms with E-state index in [9.17, 15) is 9.59 Å². The summed E-state index contributed by atoms with van der Waals surface area (Å²) in [6, 6.07) is 15.2. The van der Waals surface area contributed by atoms with Gasteiger partial charge >= 0.3 is 5.97 Å². The van der Waals surface area contributed by atoms with Crippen LogP contribution < -0.4 is 9.47 Å². The lowest BCUT2D eigenvalue weighted by atomic mass is 9.97. The Hall–Kier alpha value is -3.45. The molecule has 8 heteroatoms. The number of esters is 1. The molecule has 3 heterocycles. The van der Waals surface area contributed by atoms with Crippen molar-refractivity contribution >= 4 is 23.5 Å². The van der Waals surface area contributed by atoms with Crippen LogP contribution in [0.1, 0.15) is 35.8 Å². The molecule has 0 N–H and O–H groups in total. The number of piperidine rings is 1. The van der Waals surface area contributed by atoms with Gasteiger partial charge in [0.1, 0.15) is 0 Å². The van der Waals surface area contributed by atoms with Crippen molar-refractivity contribution in [2.24, 2.45) is 5.92 Å². The van der Waals surface area contributed by atoms with Crippen LogP contribution in [0.3, 0.4) is 0 Å². The van der Waals surface area contributed by atoms with E-state index in [1.807, 2.05) is 60.0 Å². The highest BCUT2D eigenvalue weighted by atomic mass is 35.5. The van der Waals surface area contributed by atoms with E-state index in [0.717, 1.165) is 35.5 Å². The highest BCUT2D eigenvalue weighted by Gasteiger charge is 2.32. The molecule has 1 unspecified atom stereocenters. The molecule has 182 valence electrons. The van der Waals surface area contributed by atoms with E-state index in [2.05, 4.69) is 0 Å². The molecule has 2 aliphatic rings. The largest absolute Gasteiger partial charge is 0.466 e. The number of hydrogen-bond donors (Lipinski definition) is 0. The first-order chi connectivity index (χ1) is 17.0. The summed E-state index contributed by atoms with van der Waals surface area (Å²) in [5, 5.41) is 0.640. The molecule has 1 saturated heterocycles. The van der Waals surface area contributed by atoms with Crippen LogP contribution in [0.15, 0.2) is 48.5 Å². The molecule has 0 spiro atoms. The van der Waals surface area contributed by atoms with Crippen molar-refractivity contribution in [3.05, 3.63) is 64.8 Å². The first-order valence-electron chi connectivity index (χ1n) is 11.8. The van der Waals surface area contributed by atoms with E-state index in [-0.39, 0.29) is 24.6 Å². The van der Waals surface area contributed by atoms with E-state index in [4.69, 9.17) is 25.8 Å². The summed E-state index contributed by atoms with van der Waals surface area (Å²) < 4.78 is 18.3. The normalized spacial score (nSPS) is 16.9. The molecular weight excluding hydrogens is 468 g/mol. The highest BCUT2D eigenvalue weighted by Crippen LogP contribution is 2.37. The average Bonchev–Trinajstić information content (AvgIpc) is 3.48. The SMILES string of the molecule is CCOC(=O)C1CCCN(C(=O)c2cc(-c3ccc(Cl)cc3)n(-c3ccc4c(c3)OCO4)c2C)C1. The standard InChI is InChI=1S/C27H27ClN2O5/c1-3-33-27(32)19-5-4-12-29(15-19)26(31)22-14-23(18-6-8-20(28)9-7-18)30(17(22)2)21-10-11-24-25(13-21)35-16-34-24/h6-11,13-14,19H,3-5,12,15-16H2,1-2H3. The molecule has 0 aliphatic carbocycles. The Morgan fingerprint density at radius 3 is 2.63 bits per heavy atom. The summed E-state index contributed by atoms with van der Waals surface area (Å²) in [4.78, 5) is 27.8. The van der Waals surface area contributed by atoms with Gasteiger partial charge in [0.25, 0.3) is 5.91 Å². The molecule has 2 aromatic carbocycles. The van der Waals surface area contributed by atoms with Crippen LogP contribution in [0.4, 0.5) is 0 Å². The first kappa shape index (κ1) is 23.3. The van der Waals surface area contributed by atoms with Crippen molar-refractivity contribution in [1.82, 2.24) is 9.47 Å². The molecule has 2 aliphatic heterocycles. The van der Waals surface area contributed by atoms with E-state index in [1.54, 1.807) is 11.8 Å². The molecule has 0 radical (unpaired) electrons. The van der Waals surface area contributed by atoms with Gasteiger partial charge in [-0.05, 0) is 62.6 Å². The summed E-state index contributed by atoms with van der Waals surface area (Å²) in [6.45, 7) is 5.23. The van der Waals surface area contributed by atoms with Gasteiger partial charge in [0.2, 0.25) is 6.79 Å². The molecule has 0 bridgehead atoms. The quantitative estimate of drug-likeness (QED) is 0.453. The number of aromatic nitrogens is 1. The van der Waals surface area contributed by atoms with Crippen LogP contribution in [-0.2, 0) is 9.53 Å². The molecule has 3 aromatic rings. The number of benzene rings is 2. The van der Waals surface area contributed by atoms with Gasteiger partial charge in [0, 0.05) is 35.6 Å². The zero-order chi connectivity index (χ0) is 24.5. The second-order valence-corrected chi connectivity index (χ2v) is 9.19. The zero-order valence-electron chi connectivity index (χ0n) is 19.8. The maximum absolute atomic E-state index is 13.7. The van der Waals surface area contributed by atoms with Crippen molar-refractivity contribution < 1.29 is 23.8 Å². The number of ether oxygens (including phenoxy) is 3. The molecule has 0 saturated carbocycles. The van der Waals surface area contributed by atoms with Crippen LogP contribution >= 0.6 is 11.6 Å². The van der Waals surface area contributed by atoms with Crippen molar-refractivity contribution in [3.63, 3.8) is 0 Å². The Morgan fingerprint density at radius 1 is 1.09 bits per heavy atom. The summed E-state index contributed by atoms with van der Waals surface area (Å²) >= 11 is 6.13. The lowest BCUT2D eigenvalue weighted by Gasteiger charge is -2.31. The molecule has 1 aromatic heterocycles. The average molecular weight is 495 g/mol. The highest BCUT2D eigenvalue weighted by molar-refractivity contribution is 6.30. The maximum atomic E-state index is 13.7. The Balaban J connectivity index is 1.54. The van der Waals surface area contributed by atoms with Crippen LogP contribution in [-0.4, -0.2) is 47.8 Å². The Labute approximate surface area is 209 Å². The van der Waals surface area contributed by atoms with Gasteiger partial charge in [-0.2, -0.15) is 0 Å². The summed E-state index contributed by atoms with van der Waals surface area (Å²) in [5.41, 5.74) is 4.05. The van der Waals surface area contributed by atoms with Crippen LogP contribution in [0.2, 0.25) is 5.02 Å². The van der Waals surface area contributed by atoms with Crippen molar-refractivity contribution in [1.29, 1.82) is 0 Å². The Bertz CT molecular complexity index is 1270. The van der Waals surface area contributed by atoms with E-state index in [1.165, 1.54) is 0 Å². The second-order valence-electron chi connectivity index (χ2n) is 8.75. The maximum Gasteiger partial charge on any atom is 0.310 e. The number of likely N-dealkylation sites (tertiary alicyclic amines) is 1. The molecule has 1 fully saturated rings. The fraction of sp³-hybridized carbons (Fsp3) is 0.333. The lowest BCUT2D eigenvalue weighted by molar-refractivity contribution is -0.149. The third-order valence-corrected chi connectivity index (χ3v) is 6.81. The van der Waals surface area contributed by atoms with Gasteiger partial charge in [0.05, 0.1) is 23.8 Å². The predicted molar refractivity (Wildman–Crippen MR) is 132 cm³/mol. The lowest BCUT2D eigenvalue weighted by Crippen LogP contribution is -2.43. The molecular formula is C27H27ClN2O5. The van der Waals surface area contributed by atoms with E-state index >= 15 is 0 Å². The summed E-state index contributed by atoms with van der Waals surface area (Å²) in [6.07, 6.45) is 1.50.